The fraction of sp³-hybridized carbons (Fsp3) is 0.125. The number of aryl methyl sites for hydroxylation is 1. The van der Waals surface area contributed by atoms with Crippen molar-refractivity contribution in [3.63, 3.8) is 0 Å². The second-order valence-electron chi connectivity index (χ2n) is 2.65. The van der Waals surface area contributed by atoms with Gasteiger partial charge in [-0.05, 0) is 13.0 Å². The van der Waals surface area contributed by atoms with Gasteiger partial charge >= 0.3 is 6.09 Å². The summed E-state index contributed by atoms with van der Waals surface area (Å²) in [7, 11) is 0. The number of nitrogens with two attached hydrogens (primary N) is 2. The number of hydrogen-bond donors (Lipinski definition) is 3. The second-order valence-corrected chi connectivity index (χ2v) is 2.65. The largest absolute Gasteiger partial charge is 0.431 e. The maximum absolute atomic E-state index is 10.8. The molecule has 1 aromatic heterocycles. The molecule has 0 saturated heterocycles. The molecule has 7 nitrogen and oxygen atoms in total. The first-order valence-corrected chi connectivity index (χ1v) is 4.02. The topological polar surface area (TPSA) is 116 Å². The van der Waals surface area contributed by atoms with Gasteiger partial charge in [0.1, 0.15) is 11.5 Å². The molecule has 0 aliphatic rings. The van der Waals surface area contributed by atoms with Crippen LogP contribution >= 0.6 is 0 Å². The highest BCUT2D eigenvalue weighted by Crippen LogP contribution is 2.19. The number of aromatic nitrogens is 2. The monoisotopic (exact) mass is 209 g/mol. The summed E-state index contributed by atoms with van der Waals surface area (Å²) in [6, 6.07) is 0. The highest BCUT2D eigenvalue weighted by atomic mass is 16.7. The summed E-state index contributed by atoms with van der Waals surface area (Å²) in [6.07, 6.45) is 0.609. The van der Waals surface area contributed by atoms with Crippen LogP contribution in [0, 0.1) is 6.92 Å². The highest BCUT2D eigenvalue weighted by Gasteiger charge is 2.10. The van der Waals surface area contributed by atoms with Gasteiger partial charge in [-0.1, -0.05) is 6.58 Å². The standard InChI is InChI=1S/C8H11N5O2/c1-3-5-6(9)7(12-4(2)11-5)13-8(14)15-10/h3H,1,9-10H2,2H3,(H,11,12,13,14). The van der Waals surface area contributed by atoms with Crippen molar-refractivity contribution in [3.8, 4) is 0 Å². The minimum atomic E-state index is -0.852. The van der Waals surface area contributed by atoms with Crippen molar-refractivity contribution in [3.05, 3.63) is 18.1 Å². The zero-order valence-electron chi connectivity index (χ0n) is 8.15. The predicted octanol–water partition coefficient (Wildman–Crippen LogP) is 0.432. The average Bonchev–Trinajstić information content (AvgIpc) is 2.22. The van der Waals surface area contributed by atoms with Crippen LogP contribution in [0.5, 0.6) is 0 Å². The molecule has 0 aliphatic heterocycles. The molecule has 7 heteroatoms. The van der Waals surface area contributed by atoms with E-state index in [4.69, 9.17) is 5.73 Å². The lowest BCUT2D eigenvalue weighted by Gasteiger charge is -2.08. The average molecular weight is 209 g/mol. The first kappa shape index (κ1) is 10.9. The van der Waals surface area contributed by atoms with Gasteiger partial charge in [0.15, 0.2) is 5.82 Å². The third-order valence-corrected chi connectivity index (χ3v) is 1.61. The molecule has 1 heterocycles. The van der Waals surface area contributed by atoms with Crippen LogP contribution in [-0.4, -0.2) is 16.1 Å². The van der Waals surface area contributed by atoms with Crippen LogP contribution in [0.4, 0.5) is 16.3 Å². The quantitative estimate of drug-likeness (QED) is 0.608. The molecule has 0 radical (unpaired) electrons. The zero-order valence-corrected chi connectivity index (χ0v) is 8.15. The SMILES string of the molecule is C=Cc1nc(C)nc(NC(=O)ON)c1N. The van der Waals surface area contributed by atoms with Gasteiger partial charge in [-0.2, -0.15) is 5.90 Å². The molecule has 0 bridgehead atoms. The van der Waals surface area contributed by atoms with Gasteiger partial charge in [0, 0.05) is 0 Å². The lowest BCUT2D eigenvalue weighted by Crippen LogP contribution is -2.19. The third kappa shape index (κ3) is 2.41. The summed E-state index contributed by atoms with van der Waals surface area (Å²) in [4.78, 5) is 22.7. The van der Waals surface area contributed by atoms with Crippen molar-refractivity contribution in [1.29, 1.82) is 0 Å². The maximum Gasteiger partial charge on any atom is 0.431 e. The number of carbonyl (C=O) groups excluding carboxylic acids is 1. The Kier molecular flexibility index (Phi) is 3.19. The van der Waals surface area contributed by atoms with Crippen LogP contribution in [0.2, 0.25) is 0 Å². The molecule has 0 saturated carbocycles. The molecule has 15 heavy (non-hydrogen) atoms. The van der Waals surface area contributed by atoms with Crippen LogP contribution in [0.3, 0.4) is 0 Å². The summed E-state index contributed by atoms with van der Waals surface area (Å²) in [6.45, 7) is 5.19. The van der Waals surface area contributed by atoms with Gasteiger partial charge in [-0.25, -0.2) is 14.8 Å². The Labute approximate surface area is 86.1 Å². The van der Waals surface area contributed by atoms with Crippen LogP contribution in [0.25, 0.3) is 6.08 Å². The van der Waals surface area contributed by atoms with Gasteiger partial charge in [0.05, 0.1) is 5.69 Å². The van der Waals surface area contributed by atoms with E-state index in [2.05, 4.69) is 32.6 Å². The lowest BCUT2D eigenvalue weighted by atomic mass is 10.3. The Hall–Kier alpha value is -2.15. The van der Waals surface area contributed by atoms with Crippen molar-refractivity contribution in [2.45, 2.75) is 6.92 Å². The van der Waals surface area contributed by atoms with Crippen LogP contribution in [-0.2, 0) is 4.84 Å². The minimum Gasteiger partial charge on any atom is -0.394 e. The number of rotatable bonds is 2. The molecule has 0 spiro atoms. The van der Waals surface area contributed by atoms with Gasteiger partial charge in [0.25, 0.3) is 0 Å². The fourth-order valence-electron chi connectivity index (χ4n) is 0.980. The smallest absolute Gasteiger partial charge is 0.394 e. The molecule has 0 fully saturated rings. The molecule has 1 aromatic rings. The van der Waals surface area contributed by atoms with Crippen LogP contribution in [0.1, 0.15) is 11.5 Å². The Bertz CT molecular complexity index is 404. The van der Waals surface area contributed by atoms with Crippen molar-refractivity contribution in [1.82, 2.24) is 9.97 Å². The molecule has 0 aromatic carbocycles. The molecular weight excluding hydrogens is 198 g/mol. The summed E-state index contributed by atoms with van der Waals surface area (Å²) < 4.78 is 0. The summed E-state index contributed by atoms with van der Waals surface area (Å²) >= 11 is 0. The first-order valence-electron chi connectivity index (χ1n) is 4.02. The molecule has 0 aliphatic carbocycles. The molecule has 1 amide bonds. The molecule has 80 valence electrons. The number of nitrogens with zero attached hydrogens (tertiary/aromatic N) is 2. The second kappa shape index (κ2) is 4.38. The van der Waals surface area contributed by atoms with Crippen molar-refractivity contribution in [2.24, 2.45) is 5.90 Å². The summed E-state index contributed by atoms with van der Waals surface area (Å²) in [5.74, 6) is 5.26. The number of nitrogen functional groups attached to an aromatic ring is 1. The fourth-order valence-corrected chi connectivity index (χ4v) is 0.980. The van der Waals surface area contributed by atoms with E-state index in [0.717, 1.165) is 0 Å². The van der Waals surface area contributed by atoms with E-state index < -0.39 is 6.09 Å². The van der Waals surface area contributed by atoms with E-state index in [9.17, 15) is 4.79 Å². The van der Waals surface area contributed by atoms with Crippen LogP contribution in [0.15, 0.2) is 6.58 Å². The van der Waals surface area contributed by atoms with Crippen molar-refractivity contribution in [2.75, 3.05) is 11.1 Å². The lowest BCUT2D eigenvalue weighted by molar-refractivity contribution is 0.163. The zero-order chi connectivity index (χ0) is 11.4. The Morgan fingerprint density at radius 1 is 1.60 bits per heavy atom. The van der Waals surface area contributed by atoms with E-state index in [1.54, 1.807) is 6.92 Å². The summed E-state index contributed by atoms with van der Waals surface area (Å²) in [5.41, 5.74) is 6.31. The number of hydrogen-bond acceptors (Lipinski definition) is 6. The number of carbonyl (C=O) groups is 1. The predicted molar refractivity (Wildman–Crippen MR) is 55.6 cm³/mol. The van der Waals surface area contributed by atoms with Gasteiger partial charge in [0.2, 0.25) is 0 Å². The van der Waals surface area contributed by atoms with Crippen LogP contribution < -0.4 is 16.9 Å². The molecule has 1 rings (SSSR count). The number of nitrogens with one attached hydrogen (secondary N) is 1. The number of anilines is 2. The van der Waals surface area contributed by atoms with E-state index in [1.165, 1.54) is 6.08 Å². The molecular formula is C8H11N5O2. The van der Waals surface area contributed by atoms with E-state index >= 15 is 0 Å². The number of amides is 1. The van der Waals surface area contributed by atoms with Crippen molar-refractivity contribution < 1.29 is 9.63 Å². The summed E-state index contributed by atoms with van der Waals surface area (Å²) in [5, 5.41) is 2.27. The van der Waals surface area contributed by atoms with Gasteiger partial charge < -0.3 is 10.6 Å². The maximum atomic E-state index is 10.8. The van der Waals surface area contributed by atoms with Gasteiger partial charge in [-0.15, -0.1) is 0 Å². The van der Waals surface area contributed by atoms with E-state index in [0.29, 0.717) is 11.5 Å². The van der Waals surface area contributed by atoms with E-state index in [-0.39, 0.29) is 11.5 Å². The van der Waals surface area contributed by atoms with Crippen molar-refractivity contribution >= 4 is 23.7 Å². The Morgan fingerprint density at radius 3 is 2.80 bits per heavy atom. The highest BCUT2D eigenvalue weighted by molar-refractivity contribution is 5.88. The molecule has 0 atom stereocenters. The molecule has 5 N–H and O–H groups in total. The van der Waals surface area contributed by atoms with Gasteiger partial charge in [-0.3, -0.25) is 5.32 Å². The first-order chi connectivity index (χ1) is 7.08. The minimum absolute atomic E-state index is 0.146. The normalized spacial score (nSPS) is 9.47. The molecule has 0 unspecified atom stereocenters. The Balaban J connectivity index is 3.11. The van der Waals surface area contributed by atoms with E-state index in [1.807, 2.05) is 0 Å². The third-order valence-electron chi connectivity index (χ3n) is 1.61. The Morgan fingerprint density at radius 2 is 2.27 bits per heavy atom.